The number of piperidine rings is 1. The zero-order valence-electron chi connectivity index (χ0n) is 10.5. The average molecular weight is 218 g/mol. The fraction of sp³-hybridized carbons (Fsp3) is 0.571. The molecule has 0 bridgehead atoms. The van der Waals surface area contributed by atoms with Gasteiger partial charge in [0.05, 0.1) is 0 Å². The minimum Gasteiger partial charge on any atom is -0.388 e. The molecule has 0 saturated carbocycles. The Morgan fingerprint density at radius 2 is 1.62 bits per heavy atom. The fourth-order valence-corrected chi connectivity index (χ4v) is 2.71. The summed E-state index contributed by atoms with van der Waals surface area (Å²) < 4.78 is 0. The molecule has 2 nitrogen and oxygen atoms in total. The Bertz CT molecular complexity index is 321. The number of hydrogen-bond donors (Lipinski definition) is 1. The molecule has 16 heavy (non-hydrogen) atoms. The van der Waals surface area contributed by atoms with Gasteiger partial charge in [0.25, 0.3) is 0 Å². The molecule has 0 radical (unpaired) electrons. The van der Waals surface area contributed by atoms with E-state index in [1.165, 1.54) is 30.9 Å². The van der Waals surface area contributed by atoms with Gasteiger partial charge in [-0.1, -0.05) is 13.8 Å². The van der Waals surface area contributed by atoms with Crippen molar-refractivity contribution in [2.24, 2.45) is 11.8 Å². The Hall–Kier alpha value is -1.18. The highest BCUT2D eigenvalue weighted by molar-refractivity contribution is 5.55. The Labute approximate surface area is 98.7 Å². The standard InChI is InChI=1S/C14H22N2/c1-11-8-12(2)10-16(9-11)14-6-4-13(15-3)5-7-14/h4-7,11-12,15H,8-10H2,1-3H3/t11-,12?/m1/s1. The zero-order valence-corrected chi connectivity index (χ0v) is 10.5. The maximum Gasteiger partial charge on any atom is 0.0367 e. The summed E-state index contributed by atoms with van der Waals surface area (Å²) in [5, 5.41) is 3.16. The molecule has 1 aromatic rings. The molecule has 1 saturated heterocycles. The maximum absolute atomic E-state index is 3.16. The van der Waals surface area contributed by atoms with Crippen molar-refractivity contribution in [2.75, 3.05) is 30.4 Å². The van der Waals surface area contributed by atoms with Gasteiger partial charge in [0.1, 0.15) is 0 Å². The summed E-state index contributed by atoms with van der Waals surface area (Å²) in [6, 6.07) is 8.74. The van der Waals surface area contributed by atoms with Crippen LogP contribution in [0.2, 0.25) is 0 Å². The van der Waals surface area contributed by atoms with E-state index in [2.05, 4.69) is 48.3 Å². The molecule has 0 aliphatic carbocycles. The summed E-state index contributed by atoms with van der Waals surface area (Å²) in [7, 11) is 1.96. The van der Waals surface area contributed by atoms with E-state index in [0.29, 0.717) is 0 Å². The average Bonchev–Trinajstić information content (AvgIpc) is 2.28. The zero-order chi connectivity index (χ0) is 11.5. The quantitative estimate of drug-likeness (QED) is 0.820. The molecule has 1 aliphatic heterocycles. The van der Waals surface area contributed by atoms with Crippen molar-refractivity contribution in [1.82, 2.24) is 0 Å². The van der Waals surface area contributed by atoms with Crippen LogP contribution in [-0.4, -0.2) is 20.1 Å². The highest BCUT2D eigenvalue weighted by Crippen LogP contribution is 2.26. The van der Waals surface area contributed by atoms with Crippen LogP contribution in [0.4, 0.5) is 11.4 Å². The summed E-state index contributed by atoms with van der Waals surface area (Å²) >= 11 is 0. The van der Waals surface area contributed by atoms with E-state index in [1.807, 2.05) is 7.05 Å². The molecule has 1 N–H and O–H groups in total. The Balaban J connectivity index is 2.10. The third-order valence-electron chi connectivity index (χ3n) is 3.39. The van der Waals surface area contributed by atoms with Gasteiger partial charge in [-0.3, -0.25) is 0 Å². The predicted molar refractivity (Wildman–Crippen MR) is 71.1 cm³/mol. The van der Waals surface area contributed by atoms with Gasteiger partial charge in [-0.25, -0.2) is 0 Å². The largest absolute Gasteiger partial charge is 0.388 e. The predicted octanol–water partition coefficient (Wildman–Crippen LogP) is 3.21. The molecule has 1 unspecified atom stereocenters. The highest BCUT2D eigenvalue weighted by atomic mass is 15.1. The second-order valence-electron chi connectivity index (χ2n) is 5.15. The lowest BCUT2D eigenvalue weighted by Gasteiger charge is -2.36. The van der Waals surface area contributed by atoms with Crippen LogP contribution in [0.3, 0.4) is 0 Å². The summed E-state index contributed by atoms with van der Waals surface area (Å²) in [5.74, 6) is 1.63. The molecule has 88 valence electrons. The van der Waals surface area contributed by atoms with E-state index in [9.17, 15) is 0 Å². The Kier molecular flexibility index (Phi) is 3.37. The lowest BCUT2D eigenvalue weighted by molar-refractivity contribution is 0.357. The van der Waals surface area contributed by atoms with E-state index in [1.54, 1.807) is 0 Å². The topological polar surface area (TPSA) is 15.3 Å². The second kappa shape index (κ2) is 4.77. The van der Waals surface area contributed by atoms with E-state index < -0.39 is 0 Å². The molecule has 1 fully saturated rings. The molecule has 1 aromatic carbocycles. The molecule has 0 spiro atoms. The molecule has 0 aromatic heterocycles. The number of nitrogens with one attached hydrogen (secondary N) is 1. The third-order valence-corrected chi connectivity index (χ3v) is 3.39. The molecule has 0 amide bonds. The van der Waals surface area contributed by atoms with Gasteiger partial charge in [-0.05, 0) is 42.5 Å². The van der Waals surface area contributed by atoms with Crippen molar-refractivity contribution in [1.29, 1.82) is 0 Å². The first-order chi connectivity index (χ1) is 7.69. The van der Waals surface area contributed by atoms with Crippen molar-refractivity contribution in [3.8, 4) is 0 Å². The summed E-state index contributed by atoms with van der Waals surface area (Å²) in [5.41, 5.74) is 2.54. The number of rotatable bonds is 2. The van der Waals surface area contributed by atoms with E-state index in [-0.39, 0.29) is 0 Å². The summed E-state index contributed by atoms with van der Waals surface area (Å²) in [4.78, 5) is 2.51. The van der Waals surface area contributed by atoms with Crippen LogP contribution in [0.5, 0.6) is 0 Å². The molecule has 2 atom stereocenters. The van der Waals surface area contributed by atoms with Crippen LogP contribution >= 0.6 is 0 Å². The first kappa shape index (κ1) is 11.3. The summed E-state index contributed by atoms with van der Waals surface area (Å²) in [6.07, 6.45) is 1.37. The SMILES string of the molecule is CNc1ccc(N2CC(C)C[C@@H](C)C2)cc1. The van der Waals surface area contributed by atoms with Crippen LogP contribution in [-0.2, 0) is 0 Å². The normalized spacial score (nSPS) is 25.6. The molecule has 1 heterocycles. The fourth-order valence-electron chi connectivity index (χ4n) is 2.71. The Morgan fingerprint density at radius 3 is 2.12 bits per heavy atom. The lowest BCUT2D eigenvalue weighted by Crippen LogP contribution is -2.38. The molecular formula is C14H22N2. The first-order valence-corrected chi connectivity index (χ1v) is 6.22. The van der Waals surface area contributed by atoms with Gasteiger partial charge >= 0.3 is 0 Å². The van der Waals surface area contributed by atoms with Crippen molar-refractivity contribution in [3.63, 3.8) is 0 Å². The maximum atomic E-state index is 3.16. The molecular weight excluding hydrogens is 196 g/mol. The lowest BCUT2D eigenvalue weighted by atomic mass is 9.91. The van der Waals surface area contributed by atoms with Crippen LogP contribution in [0.1, 0.15) is 20.3 Å². The van der Waals surface area contributed by atoms with Gasteiger partial charge < -0.3 is 10.2 Å². The van der Waals surface area contributed by atoms with Crippen molar-refractivity contribution in [2.45, 2.75) is 20.3 Å². The number of nitrogens with zero attached hydrogens (tertiary/aromatic N) is 1. The molecule has 1 aliphatic rings. The van der Waals surface area contributed by atoms with Crippen LogP contribution in [0, 0.1) is 11.8 Å². The number of anilines is 2. The monoisotopic (exact) mass is 218 g/mol. The van der Waals surface area contributed by atoms with Gasteiger partial charge in [-0.2, -0.15) is 0 Å². The van der Waals surface area contributed by atoms with E-state index in [4.69, 9.17) is 0 Å². The first-order valence-electron chi connectivity index (χ1n) is 6.22. The van der Waals surface area contributed by atoms with Gasteiger partial charge in [0.15, 0.2) is 0 Å². The van der Waals surface area contributed by atoms with Crippen molar-refractivity contribution in [3.05, 3.63) is 24.3 Å². The second-order valence-corrected chi connectivity index (χ2v) is 5.15. The highest BCUT2D eigenvalue weighted by Gasteiger charge is 2.21. The van der Waals surface area contributed by atoms with Crippen LogP contribution in [0.25, 0.3) is 0 Å². The minimum absolute atomic E-state index is 0.813. The van der Waals surface area contributed by atoms with Gasteiger partial charge in [0.2, 0.25) is 0 Å². The minimum atomic E-state index is 0.813. The molecule has 2 heteroatoms. The van der Waals surface area contributed by atoms with Gasteiger partial charge in [0, 0.05) is 31.5 Å². The molecule has 2 rings (SSSR count). The van der Waals surface area contributed by atoms with Gasteiger partial charge in [-0.15, -0.1) is 0 Å². The Morgan fingerprint density at radius 1 is 1.06 bits per heavy atom. The van der Waals surface area contributed by atoms with Crippen molar-refractivity contribution < 1.29 is 0 Å². The van der Waals surface area contributed by atoms with E-state index in [0.717, 1.165) is 11.8 Å². The van der Waals surface area contributed by atoms with E-state index >= 15 is 0 Å². The number of benzene rings is 1. The third kappa shape index (κ3) is 2.49. The van der Waals surface area contributed by atoms with Crippen LogP contribution < -0.4 is 10.2 Å². The van der Waals surface area contributed by atoms with Crippen LogP contribution in [0.15, 0.2) is 24.3 Å². The summed E-state index contributed by atoms with van der Waals surface area (Å²) in [6.45, 7) is 7.10. The van der Waals surface area contributed by atoms with Crippen molar-refractivity contribution >= 4 is 11.4 Å². The smallest absolute Gasteiger partial charge is 0.0367 e. The number of hydrogen-bond acceptors (Lipinski definition) is 2.